The van der Waals surface area contributed by atoms with Crippen molar-refractivity contribution in [3.8, 4) is 0 Å². The number of carboxylic acid groups (broad SMARTS) is 3. The van der Waals surface area contributed by atoms with Gasteiger partial charge in [-0.3, -0.25) is 19.8 Å². The number of rotatable bonds is 15. The Morgan fingerprint density at radius 2 is 1.43 bits per heavy atom. The highest BCUT2D eigenvalue weighted by atomic mass is 19.4. The van der Waals surface area contributed by atoms with Crippen molar-refractivity contribution >= 4 is 45.5 Å². The largest absolute Gasteiger partial charge is 0.490 e. The Morgan fingerprint density at radius 1 is 0.815 bits per heavy atom. The van der Waals surface area contributed by atoms with Crippen LogP contribution >= 0.6 is 0 Å². The Hall–Kier alpha value is -5.73. The molecule has 0 saturated heterocycles. The third-order valence-electron chi connectivity index (χ3n) is 9.00. The van der Waals surface area contributed by atoms with E-state index in [0.717, 1.165) is 38.4 Å². The van der Waals surface area contributed by atoms with E-state index in [9.17, 15) is 37.8 Å². The number of aliphatic carboxylic acids is 3. The maximum Gasteiger partial charge on any atom is 0.490 e. The molecule has 1 aromatic heterocycles. The topological polar surface area (TPSA) is 163 Å². The van der Waals surface area contributed by atoms with Crippen LogP contribution in [0.15, 0.2) is 97.1 Å². The van der Waals surface area contributed by atoms with Crippen LogP contribution in [0.5, 0.6) is 0 Å². The first-order valence-corrected chi connectivity index (χ1v) is 17.2. The van der Waals surface area contributed by atoms with Crippen molar-refractivity contribution in [2.24, 2.45) is 0 Å². The van der Waals surface area contributed by atoms with Gasteiger partial charge in [0.25, 0.3) is 0 Å². The predicted molar refractivity (Wildman–Crippen MR) is 198 cm³/mol. The number of benzene rings is 4. The highest BCUT2D eigenvalue weighted by molar-refractivity contribution is 5.88. The fourth-order valence-corrected chi connectivity index (χ4v) is 6.30. The first-order chi connectivity index (χ1) is 25.6. The summed E-state index contributed by atoms with van der Waals surface area (Å²) in [5.74, 6) is -5.65. The van der Waals surface area contributed by atoms with Crippen LogP contribution < -0.4 is 5.43 Å². The number of hydrazine groups is 1. The molecular weight excluding hydrogens is 705 g/mol. The zero-order valence-corrected chi connectivity index (χ0v) is 30.0. The number of hydrogen-bond donors (Lipinski definition) is 5. The molecule has 0 radical (unpaired) electrons. The maximum absolute atomic E-state index is 14.3. The number of nitrogens with one attached hydrogen (secondary N) is 2. The highest BCUT2D eigenvalue weighted by Crippen LogP contribution is 2.30. The zero-order chi connectivity index (χ0) is 39.6. The highest BCUT2D eigenvalue weighted by Gasteiger charge is 2.38. The van der Waals surface area contributed by atoms with Crippen molar-refractivity contribution in [2.45, 2.75) is 63.8 Å². The van der Waals surface area contributed by atoms with Crippen LogP contribution in [0.2, 0.25) is 0 Å². The third kappa shape index (κ3) is 10.9. The molecule has 1 amide bonds. The lowest BCUT2D eigenvalue weighted by Gasteiger charge is -2.36. The molecule has 54 heavy (non-hydrogen) atoms. The van der Waals surface area contributed by atoms with Crippen LogP contribution in [0.1, 0.15) is 48.6 Å². The molecule has 0 spiro atoms. The summed E-state index contributed by atoms with van der Waals surface area (Å²) in [4.78, 5) is 52.4. The molecule has 5 rings (SSSR count). The Kier molecular flexibility index (Phi) is 13.9. The van der Waals surface area contributed by atoms with Gasteiger partial charge in [0.2, 0.25) is 5.91 Å². The number of aromatic amines is 1. The van der Waals surface area contributed by atoms with Crippen LogP contribution in [0.4, 0.5) is 13.2 Å². The van der Waals surface area contributed by atoms with E-state index in [-0.39, 0.29) is 18.7 Å². The van der Waals surface area contributed by atoms with Gasteiger partial charge in [0.1, 0.15) is 6.04 Å². The summed E-state index contributed by atoms with van der Waals surface area (Å²) >= 11 is 0. The summed E-state index contributed by atoms with van der Waals surface area (Å²) in [6.45, 7) is 4.41. The fourth-order valence-electron chi connectivity index (χ4n) is 6.30. The molecule has 14 heteroatoms. The van der Waals surface area contributed by atoms with Crippen molar-refractivity contribution in [1.29, 1.82) is 0 Å². The summed E-state index contributed by atoms with van der Waals surface area (Å²) in [7, 11) is 1.79. The molecule has 5 aromatic rings. The summed E-state index contributed by atoms with van der Waals surface area (Å²) in [6, 6.07) is 30.4. The smallest absolute Gasteiger partial charge is 0.481 e. The van der Waals surface area contributed by atoms with Gasteiger partial charge in [0.15, 0.2) is 0 Å². The number of carbonyl (C=O) groups excluding carboxylic acids is 1. The molecule has 0 bridgehead atoms. The number of alkyl halides is 3. The van der Waals surface area contributed by atoms with Gasteiger partial charge < -0.3 is 25.2 Å². The number of hydrogen-bond acceptors (Lipinski definition) is 6. The van der Waals surface area contributed by atoms with Crippen LogP contribution in [0.3, 0.4) is 0 Å². The maximum atomic E-state index is 14.3. The monoisotopic (exact) mass is 748 g/mol. The van der Waals surface area contributed by atoms with Crippen LogP contribution in [-0.2, 0) is 38.6 Å². The quantitative estimate of drug-likeness (QED) is 0.0741. The number of likely N-dealkylation sites (N-methyl/N-ethyl adjacent to an activating group) is 2. The Balaban J connectivity index is 0.000000845. The predicted octanol–water partition coefficient (Wildman–Crippen LogP) is 6.62. The number of carbonyl (C=O) groups is 4. The van der Waals surface area contributed by atoms with E-state index < -0.39 is 42.1 Å². The number of para-hydroxylation sites is 1. The molecule has 286 valence electrons. The van der Waals surface area contributed by atoms with Crippen LogP contribution in [-0.4, -0.2) is 85.9 Å². The normalized spacial score (nSPS) is 13.2. The van der Waals surface area contributed by atoms with Crippen molar-refractivity contribution in [3.05, 3.63) is 119 Å². The number of amides is 1. The summed E-state index contributed by atoms with van der Waals surface area (Å²) in [5.41, 5.74) is 7.52. The molecule has 1 unspecified atom stereocenters. The number of fused-ring (bicyclic) bond motifs is 2. The summed E-state index contributed by atoms with van der Waals surface area (Å²) < 4.78 is 31.7. The minimum Gasteiger partial charge on any atom is -0.481 e. The third-order valence-corrected chi connectivity index (χ3v) is 9.00. The molecule has 3 atom stereocenters. The number of nitrogens with zero attached hydrogens (tertiary/aromatic N) is 2. The van der Waals surface area contributed by atoms with Gasteiger partial charge >= 0.3 is 24.1 Å². The average molecular weight is 749 g/mol. The molecule has 0 aliphatic rings. The van der Waals surface area contributed by atoms with E-state index in [0.29, 0.717) is 25.2 Å². The van der Waals surface area contributed by atoms with E-state index >= 15 is 0 Å². The van der Waals surface area contributed by atoms with E-state index in [2.05, 4.69) is 28.6 Å². The first kappa shape index (κ1) is 41.0. The van der Waals surface area contributed by atoms with E-state index in [1.165, 1.54) is 0 Å². The molecule has 0 aliphatic heterocycles. The molecule has 4 aromatic carbocycles. The molecule has 5 N–H and O–H groups in total. The fraction of sp³-hybridized carbons (Fsp3) is 0.300. The van der Waals surface area contributed by atoms with Crippen molar-refractivity contribution < 1.29 is 47.7 Å². The van der Waals surface area contributed by atoms with Gasteiger partial charge in [-0.2, -0.15) is 13.2 Å². The van der Waals surface area contributed by atoms with E-state index in [1.807, 2.05) is 90.8 Å². The summed E-state index contributed by atoms with van der Waals surface area (Å²) in [6.07, 6.45) is -4.66. The van der Waals surface area contributed by atoms with E-state index in [4.69, 9.17) is 9.90 Å². The minimum atomic E-state index is -5.08. The summed E-state index contributed by atoms with van der Waals surface area (Å²) in [5, 5.41) is 31.9. The van der Waals surface area contributed by atoms with E-state index in [1.54, 1.807) is 18.9 Å². The molecule has 0 aliphatic carbocycles. The lowest BCUT2D eigenvalue weighted by atomic mass is 9.95. The second-order valence-electron chi connectivity index (χ2n) is 12.9. The Labute approximate surface area is 310 Å². The first-order valence-electron chi connectivity index (χ1n) is 17.2. The number of H-pyrrole nitrogens is 1. The SMILES string of the molecule is CCN(N[C@H](CC(=O)O)Cc1c(C(C)C(=O)O)[nH]c2ccccc12)[C@@H](Cc1ccc2ccccc2c1)C(=O)N(C)Cc1ccccc1.O=C(O)C(F)(F)F. The number of aromatic nitrogens is 1. The van der Waals surface area contributed by atoms with Gasteiger partial charge in [0.05, 0.1) is 12.3 Å². The Morgan fingerprint density at radius 3 is 2.04 bits per heavy atom. The van der Waals surface area contributed by atoms with Crippen molar-refractivity contribution in [1.82, 2.24) is 20.3 Å². The van der Waals surface area contributed by atoms with Crippen molar-refractivity contribution in [3.63, 3.8) is 0 Å². The van der Waals surface area contributed by atoms with Gasteiger partial charge in [-0.15, -0.1) is 0 Å². The minimum absolute atomic E-state index is 0.0993. The van der Waals surface area contributed by atoms with Gasteiger partial charge in [0, 0.05) is 42.8 Å². The average Bonchev–Trinajstić information content (AvgIpc) is 3.50. The second-order valence-corrected chi connectivity index (χ2v) is 12.9. The molecule has 0 saturated carbocycles. The lowest BCUT2D eigenvalue weighted by molar-refractivity contribution is -0.192. The van der Waals surface area contributed by atoms with Gasteiger partial charge in [-0.25, -0.2) is 9.80 Å². The van der Waals surface area contributed by atoms with Crippen LogP contribution in [0.25, 0.3) is 21.7 Å². The van der Waals surface area contributed by atoms with Crippen molar-refractivity contribution in [2.75, 3.05) is 13.6 Å². The Bertz CT molecular complexity index is 2070. The molecule has 11 nitrogen and oxygen atoms in total. The van der Waals surface area contributed by atoms with Crippen LogP contribution in [0, 0.1) is 0 Å². The molecule has 0 fully saturated rings. The number of halogens is 3. The molecular formula is C40H43F3N4O7. The standard InChI is InChI=1S/C38H42N4O5.C2HF3O2/c1-4-42(40-30(23-35(43)44)22-32-31-16-10-11-17-33(31)39-36(32)25(2)38(46)47)34(37(45)41(3)24-26-12-6-5-7-13-26)21-27-18-19-28-14-8-9-15-29(28)20-27;3-2(4,5)1(6)7/h5-20,25,30,34,39-40H,4,21-24H2,1-3H3,(H,43,44)(H,46,47);(H,6,7)/t25?,30-,34-;/m0./s1. The number of carboxylic acids is 3. The lowest BCUT2D eigenvalue weighted by Crippen LogP contribution is -2.57. The molecule has 1 heterocycles. The zero-order valence-electron chi connectivity index (χ0n) is 30.0. The van der Waals surface area contributed by atoms with Gasteiger partial charge in [-0.1, -0.05) is 97.9 Å². The second kappa shape index (κ2) is 18.3. The van der Waals surface area contributed by atoms with Gasteiger partial charge in [-0.05, 0) is 53.3 Å².